The Morgan fingerprint density at radius 1 is 1.04 bits per heavy atom. The van der Waals surface area contributed by atoms with Gasteiger partial charge in [0.25, 0.3) is 6.01 Å². The molecular weight excluding hydrogens is 792 g/mol. The van der Waals surface area contributed by atoms with E-state index in [1.54, 1.807) is 36.4 Å². The molecule has 1 fully saturated rings. The molecule has 1 unspecified atom stereocenters. The van der Waals surface area contributed by atoms with Crippen molar-refractivity contribution in [2.45, 2.75) is 49.6 Å². The highest BCUT2D eigenvalue weighted by Gasteiger charge is 2.34. The van der Waals surface area contributed by atoms with E-state index in [9.17, 15) is 27.5 Å². The Morgan fingerprint density at radius 2 is 1.82 bits per heavy atom. The van der Waals surface area contributed by atoms with Crippen molar-refractivity contribution in [2.24, 2.45) is 0 Å². The molecule has 7 rings (SSSR count). The molecule has 1 saturated heterocycles. The highest BCUT2D eigenvalue weighted by Crippen LogP contribution is 2.47. The van der Waals surface area contributed by atoms with Crippen LogP contribution in [0.15, 0.2) is 76.6 Å². The molecule has 0 saturated carbocycles. The van der Waals surface area contributed by atoms with E-state index in [-0.39, 0.29) is 30.4 Å². The average molecular weight is 831 g/mol. The number of hydrogen-bond acceptors (Lipinski definition) is 10. The zero-order chi connectivity index (χ0) is 40.3. The van der Waals surface area contributed by atoms with Gasteiger partial charge < -0.3 is 28.6 Å². The van der Waals surface area contributed by atoms with E-state index >= 15 is 0 Å². The number of furan rings is 1. The molecule has 0 radical (unpaired) electrons. The van der Waals surface area contributed by atoms with Crippen LogP contribution in [0.4, 0.5) is 17.6 Å². The fourth-order valence-corrected chi connectivity index (χ4v) is 9.23. The highest BCUT2D eigenvalue weighted by atomic mass is 35.5. The van der Waals surface area contributed by atoms with E-state index in [0.717, 1.165) is 37.4 Å². The Balaban J connectivity index is 1.16. The second kappa shape index (κ2) is 17.3. The summed E-state index contributed by atoms with van der Waals surface area (Å²) in [5, 5.41) is 14.9. The van der Waals surface area contributed by atoms with Crippen molar-refractivity contribution < 1.29 is 46.1 Å². The number of ether oxygens (including phenoxy) is 3. The van der Waals surface area contributed by atoms with E-state index < -0.39 is 41.3 Å². The third-order valence-corrected chi connectivity index (χ3v) is 12.4. The Labute approximate surface area is 332 Å². The number of likely N-dealkylation sites (N-methyl/N-ethyl adjacent to an activating group) is 1. The molecule has 5 aromatic rings. The van der Waals surface area contributed by atoms with E-state index in [0.29, 0.717) is 61.0 Å². The number of nitrogens with zero attached hydrogens (tertiary/aromatic N) is 6. The van der Waals surface area contributed by atoms with Gasteiger partial charge in [-0.05, 0) is 61.0 Å². The molecule has 3 aromatic heterocycles. The van der Waals surface area contributed by atoms with Gasteiger partial charge in [0.1, 0.15) is 37.6 Å². The Kier molecular flexibility index (Phi) is 12.2. The number of para-hydroxylation sites is 1. The summed E-state index contributed by atoms with van der Waals surface area (Å²) in [6, 6.07) is 13.7. The molecule has 302 valence electrons. The normalized spacial score (nSPS) is 16.8. The van der Waals surface area contributed by atoms with Crippen molar-refractivity contribution in [3.05, 3.63) is 112 Å². The van der Waals surface area contributed by atoms with Gasteiger partial charge in [-0.15, -0.1) is 10.5 Å². The molecule has 5 heterocycles. The predicted octanol–water partition coefficient (Wildman–Crippen LogP) is 6.62. The topological polar surface area (TPSA) is 128 Å². The maximum absolute atomic E-state index is 14.3. The van der Waals surface area contributed by atoms with Gasteiger partial charge in [-0.2, -0.15) is 22.7 Å². The molecule has 18 heteroatoms. The molecule has 2 aliphatic rings. The number of benzene rings is 2. The van der Waals surface area contributed by atoms with E-state index in [1.165, 1.54) is 24.7 Å². The number of hydrogen-bond donors (Lipinski definition) is 1. The van der Waals surface area contributed by atoms with Crippen LogP contribution in [0.5, 0.6) is 17.4 Å². The molecule has 0 bridgehead atoms. The molecule has 2 aromatic carbocycles. The second-order valence-corrected chi connectivity index (χ2v) is 15.9. The number of fused-ring (bicyclic) bond motifs is 1. The van der Waals surface area contributed by atoms with Crippen LogP contribution in [0.3, 0.4) is 0 Å². The van der Waals surface area contributed by atoms with Gasteiger partial charge in [0.05, 0.1) is 22.0 Å². The van der Waals surface area contributed by atoms with Crippen molar-refractivity contribution in [1.29, 1.82) is 0 Å². The lowest BCUT2D eigenvalue weighted by atomic mass is 9.99. The van der Waals surface area contributed by atoms with Crippen LogP contribution in [0.2, 0.25) is 5.02 Å². The van der Waals surface area contributed by atoms with Crippen LogP contribution >= 0.6 is 22.1 Å². The molecule has 12 nitrogen and oxygen atoms in total. The van der Waals surface area contributed by atoms with Crippen LogP contribution < -0.4 is 14.2 Å². The summed E-state index contributed by atoms with van der Waals surface area (Å²) in [6.45, 7) is 5.39. The number of carbonyl (C=O) groups is 1. The molecule has 2 aliphatic heterocycles. The minimum Gasteiger partial charge on any atom is -0.491 e. The SMILES string of the molecule is Cc1c(C2=S(c3ccc(F)o3)Cc3ncnc(O[C@H](Cc4ccccc4OCc4ccnn4CC(F)(F)F)C(=O)O)c32)ccc(OCCN2CCN(C)CC2)c1Cl. The standard InChI is InChI=1S/C39H39ClF4N6O6S/c1-24-27(7-8-30(35(24)40)53-18-17-49-15-13-48(2)14-16-49)36-34-28(21-57(36)33-10-9-32(41)56-33)45-23-46-37(34)55-31(38(51)52)19-25-5-3-4-6-29(25)54-20-26-11-12-47-50(26)22-39(42,43)44/h3-12,23,31H,13-22H2,1-2H3,(H,51,52)/t31-,57?/m1/s1. The van der Waals surface area contributed by atoms with Crippen molar-refractivity contribution in [1.82, 2.24) is 29.5 Å². The Bertz CT molecular complexity index is 2280. The molecular formula is C39H39ClF4N6O6S. The Hall–Kier alpha value is -4.97. The number of aliphatic carboxylic acids is 1. The number of alkyl halides is 3. The molecule has 0 spiro atoms. The van der Waals surface area contributed by atoms with Crippen molar-refractivity contribution >= 4 is 32.9 Å². The number of rotatable bonds is 15. The molecule has 0 amide bonds. The monoisotopic (exact) mass is 830 g/mol. The van der Waals surface area contributed by atoms with Gasteiger partial charge in [-0.1, -0.05) is 29.8 Å². The maximum atomic E-state index is 14.3. The number of aromatic nitrogens is 4. The first-order valence-corrected chi connectivity index (χ1v) is 19.8. The van der Waals surface area contributed by atoms with E-state index in [2.05, 4.69) is 31.9 Å². The van der Waals surface area contributed by atoms with Gasteiger partial charge in [0.15, 0.2) is 5.09 Å². The third-order valence-electron chi connectivity index (χ3n) is 9.71. The lowest BCUT2D eigenvalue weighted by Crippen LogP contribution is -2.45. The minimum absolute atomic E-state index is 0.0121. The first-order chi connectivity index (χ1) is 27.3. The first-order valence-electron chi connectivity index (χ1n) is 18.0. The van der Waals surface area contributed by atoms with Crippen molar-refractivity contribution in [3.8, 4) is 17.4 Å². The van der Waals surface area contributed by atoms with Gasteiger partial charge in [0.2, 0.25) is 12.0 Å². The highest BCUT2D eigenvalue weighted by molar-refractivity contribution is 8.16. The van der Waals surface area contributed by atoms with Gasteiger partial charge in [-0.3, -0.25) is 9.58 Å². The number of halogens is 5. The summed E-state index contributed by atoms with van der Waals surface area (Å²) in [5.74, 6) is -0.251. The molecule has 1 N–H and O–H groups in total. The van der Waals surface area contributed by atoms with E-state index in [1.807, 2.05) is 13.0 Å². The van der Waals surface area contributed by atoms with Gasteiger partial charge >= 0.3 is 12.1 Å². The first kappa shape index (κ1) is 40.2. The maximum Gasteiger partial charge on any atom is 0.408 e. The van der Waals surface area contributed by atoms with Crippen LogP contribution in [-0.2, 0) is 30.1 Å². The molecule has 2 atom stereocenters. The summed E-state index contributed by atoms with van der Waals surface area (Å²) in [7, 11) is 1.18. The lowest BCUT2D eigenvalue weighted by Gasteiger charge is -2.32. The quantitative estimate of drug-likeness (QED) is 0.0904. The predicted molar refractivity (Wildman–Crippen MR) is 204 cm³/mol. The summed E-state index contributed by atoms with van der Waals surface area (Å²) in [5.41, 5.74) is 2.95. The lowest BCUT2D eigenvalue weighted by molar-refractivity contribution is -0.145. The number of carboxylic acid groups (broad SMARTS) is 1. The molecule has 57 heavy (non-hydrogen) atoms. The zero-order valence-corrected chi connectivity index (χ0v) is 32.5. The van der Waals surface area contributed by atoms with Crippen molar-refractivity contribution in [3.63, 3.8) is 0 Å². The molecule has 0 aliphatic carbocycles. The average Bonchev–Trinajstić information content (AvgIpc) is 3.91. The third kappa shape index (κ3) is 9.43. The van der Waals surface area contributed by atoms with Crippen molar-refractivity contribution in [2.75, 3.05) is 46.4 Å². The number of piperazine rings is 1. The van der Waals surface area contributed by atoms with Gasteiger partial charge in [0, 0.05) is 62.0 Å². The summed E-state index contributed by atoms with van der Waals surface area (Å²) >= 11 is 6.96. The fourth-order valence-electron chi connectivity index (χ4n) is 6.68. The summed E-state index contributed by atoms with van der Waals surface area (Å²) in [4.78, 5) is 27.0. The summed E-state index contributed by atoms with van der Waals surface area (Å²) < 4.78 is 78.1. The smallest absolute Gasteiger partial charge is 0.408 e. The second-order valence-electron chi connectivity index (χ2n) is 13.6. The van der Waals surface area contributed by atoms with Crippen LogP contribution in [0.25, 0.3) is 0 Å². The van der Waals surface area contributed by atoms with E-state index in [4.69, 9.17) is 30.2 Å². The Morgan fingerprint density at radius 3 is 2.56 bits per heavy atom. The fraction of sp³-hybridized carbons (Fsp3) is 0.359. The summed E-state index contributed by atoms with van der Waals surface area (Å²) in [6.07, 6.45) is -3.64. The largest absolute Gasteiger partial charge is 0.491 e. The van der Waals surface area contributed by atoms with Gasteiger partial charge in [-0.25, -0.2) is 14.8 Å². The van der Waals surface area contributed by atoms with Crippen LogP contribution in [-0.4, -0.2) is 104 Å². The minimum atomic E-state index is -4.48. The van der Waals surface area contributed by atoms with Crippen LogP contribution in [0, 0.1) is 12.9 Å². The van der Waals surface area contributed by atoms with Crippen LogP contribution in [0.1, 0.15) is 33.6 Å². The number of carboxylic acids is 1. The zero-order valence-electron chi connectivity index (χ0n) is 31.0.